The van der Waals surface area contributed by atoms with Crippen LogP contribution < -0.4 is 10.1 Å². The zero-order valence-electron chi connectivity index (χ0n) is 23.7. The van der Waals surface area contributed by atoms with Crippen LogP contribution in [0.15, 0.2) is 36.4 Å². The van der Waals surface area contributed by atoms with Crippen LogP contribution in [0, 0.1) is 20.8 Å². The number of carbonyl (C=O) groups excluding carboxylic acids is 1. The normalized spacial score (nSPS) is 15.6. The third-order valence-corrected chi connectivity index (χ3v) is 7.71. The van der Waals surface area contributed by atoms with Gasteiger partial charge in [-0.25, -0.2) is 4.79 Å². The van der Waals surface area contributed by atoms with Crippen LogP contribution in [0.4, 0.5) is 5.69 Å². The number of anilines is 1. The number of benzene rings is 3. The van der Waals surface area contributed by atoms with Gasteiger partial charge in [-0.2, -0.15) is 0 Å². The second-order valence-electron chi connectivity index (χ2n) is 11.7. The Hall–Kier alpha value is -3.64. The monoisotopic (exact) mass is 527 g/mol. The Morgan fingerprint density at radius 3 is 2.38 bits per heavy atom. The van der Waals surface area contributed by atoms with Gasteiger partial charge in [0.15, 0.2) is 6.10 Å². The summed E-state index contributed by atoms with van der Waals surface area (Å²) >= 11 is 0. The van der Waals surface area contributed by atoms with E-state index in [1.165, 1.54) is 5.56 Å². The first-order valence-electron chi connectivity index (χ1n) is 13.7. The highest BCUT2D eigenvalue weighted by Gasteiger charge is 2.36. The zero-order valence-corrected chi connectivity index (χ0v) is 23.7. The lowest BCUT2D eigenvalue weighted by molar-refractivity contribution is -0.160. The van der Waals surface area contributed by atoms with Crippen molar-refractivity contribution in [2.75, 3.05) is 11.9 Å². The fourth-order valence-electron chi connectivity index (χ4n) is 5.81. The summed E-state index contributed by atoms with van der Waals surface area (Å²) in [7, 11) is 0. The van der Waals surface area contributed by atoms with Gasteiger partial charge in [0.2, 0.25) is 5.91 Å². The molecule has 6 heteroatoms. The number of carboxylic acid groups (broad SMARTS) is 1. The average molecular weight is 528 g/mol. The third-order valence-electron chi connectivity index (χ3n) is 7.71. The van der Waals surface area contributed by atoms with Crippen molar-refractivity contribution in [3.8, 4) is 28.0 Å². The maximum absolute atomic E-state index is 12.9. The molecule has 3 aromatic carbocycles. The van der Waals surface area contributed by atoms with Crippen molar-refractivity contribution in [2.45, 2.75) is 78.9 Å². The maximum atomic E-state index is 12.9. The molecule has 0 aliphatic carbocycles. The van der Waals surface area contributed by atoms with E-state index in [2.05, 4.69) is 43.4 Å². The van der Waals surface area contributed by atoms with Crippen LogP contribution in [0.1, 0.15) is 73.1 Å². The summed E-state index contributed by atoms with van der Waals surface area (Å²) in [5, 5.41) is 13.6. The standard InChI is InChI=1S/C33H37NO5/c1-18-9-10-22(16-19(18)2)28-20(3)27(23-11-13-25-21(17-23)8-7-15-38-25)29(24-12-14-26(35)34-30(24)28)31(32(36)37)39-33(4,5)6/h9-11,13,16-17,31H,7-8,12,14-15H2,1-6H3,(H,34,35)(H,36,37). The molecule has 2 heterocycles. The molecule has 2 aliphatic heterocycles. The number of ether oxygens (including phenoxy) is 2. The molecule has 0 saturated heterocycles. The van der Waals surface area contributed by atoms with Gasteiger partial charge in [0, 0.05) is 17.5 Å². The number of aliphatic carboxylic acids is 1. The summed E-state index contributed by atoms with van der Waals surface area (Å²) in [6.07, 6.45) is 1.37. The van der Waals surface area contributed by atoms with Crippen molar-refractivity contribution in [2.24, 2.45) is 0 Å². The second kappa shape index (κ2) is 10.2. The number of amides is 1. The summed E-state index contributed by atoms with van der Waals surface area (Å²) in [6.45, 7) is 12.5. The summed E-state index contributed by atoms with van der Waals surface area (Å²) < 4.78 is 12.1. The van der Waals surface area contributed by atoms with Crippen LogP contribution in [-0.2, 0) is 27.2 Å². The largest absolute Gasteiger partial charge is 0.493 e. The van der Waals surface area contributed by atoms with Crippen LogP contribution in [-0.4, -0.2) is 29.2 Å². The lowest BCUT2D eigenvalue weighted by Gasteiger charge is -2.33. The predicted molar refractivity (Wildman–Crippen MR) is 154 cm³/mol. The average Bonchev–Trinajstić information content (AvgIpc) is 2.87. The molecule has 1 unspecified atom stereocenters. The highest BCUT2D eigenvalue weighted by molar-refractivity contribution is 6.03. The molecule has 0 bridgehead atoms. The molecule has 5 rings (SSSR count). The summed E-state index contributed by atoms with van der Waals surface area (Å²) in [5.41, 5.74) is 9.50. The van der Waals surface area contributed by atoms with Gasteiger partial charge < -0.3 is 19.9 Å². The predicted octanol–water partition coefficient (Wildman–Crippen LogP) is 7.10. The first-order valence-corrected chi connectivity index (χ1v) is 13.7. The lowest BCUT2D eigenvalue weighted by Crippen LogP contribution is -2.30. The lowest BCUT2D eigenvalue weighted by atomic mass is 9.79. The first kappa shape index (κ1) is 26.9. The van der Waals surface area contributed by atoms with E-state index in [1.807, 2.05) is 39.8 Å². The fourth-order valence-corrected chi connectivity index (χ4v) is 5.81. The molecule has 0 saturated carbocycles. The van der Waals surface area contributed by atoms with Gasteiger partial charge in [0.1, 0.15) is 5.75 Å². The van der Waals surface area contributed by atoms with E-state index in [1.54, 1.807) is 0 Å². The molecule has 1 amide bonds. The first-order chi connectivity index (χ1) is 18.4. The summed E-state index contributed by atoms with van der Waals surface area (Å²) in [4.78, 5) is 25.6. The van der Waals surface area contributed by atoms with Gasteiger partial charge in [-0.15, -0.1) is 0 Å². The number of hydrogen-bond acceptors (Lipinski definition) is 4. The Morgan fingerprint density at radius 1 is 0.974 bits per heavy atom. The van der Waals surface area contributed by atoms with Crippen LogP contribution >= 0.6 is 0 Å². The van der Waals surface area contributed by atoms with Crippen molar-refractivity contribution in [3.05, 3.63) is 69.8 Å². The van der Waals surface area contributed by atoms with Crippen molar-refractivity contribution >= 4 is 17.6 Å². The topological polar surface area (TPSA) is 84.9 Å². The van der Waals surface area contributed by atoms with E-state index in [4.69, 9.17) is 9.47 Å². The molecule has 0 spiro atoms. The van der Waals surface area contributed by atoms with E-state index in [0.717, 1.165) is 63.1 Å². The van der Waals surface area contributed by atoms with E-state index >= 15 is 0 Å². The Labute approximate surface area is 230 Å². The third kappa shape index (κ3) is 5.18. The molecule has 6 nitrogen and oxygen atoms in total. The molecular weight excluding hydrogens is 490 g/mol. The number of aryl methyl sites for hydroxylation is 3. The molecular formula is C33H37NO5. The van der Waals surface area contributed by atoms with E-state index in [0.29, 0.717) is 24.3 Å². The minimum atomic E-state index is -1.21. The van der Waals surface area contributed by atoms with Crippen LogP contribution in [0.3, 0.4) is 0 Å². The van der Waals surface area contributed by atoms with Crippen LogP contribution in [0.25, 0.3) is 22.3 Å². The molecule has 0 radical (unpaired) electrons. The summed E-state index contributed by atoms with van der Waals surface area (Å²) in [5.74, 6) is -0.241. The van der Waals surface area contributed by atoms with Crippen LogP contribution in [0.2, 0.25) is 0 Å². The number of fused-ring (bicyclic) bond motifs is 2. The highest BCUT2D eigenvalue weighted by atomic mass is 16.5. The Morgan fingerprint density at radius 2 is 1.69 bits per heavy atom. The molecule has 1 atom stereocenters. The fraction of sp³-hybridized carbons (Fsp3) is 0.394. The van der Waals surface area contributed by atoms with Crippen molar-refractivity contribution in [3.63, 3.8) is 0 Å². The van der Waals surface area contributed by atoms with Gasteiger partial charge in [-0.3, -0.25) is 4.79 Å². The van der Waals surface area contributed by atoms with Crippen molar-refractivity contribution < 1.29 is 24.2 Å². The molecule has 3 aromatic rings. The molecule has 2 N–H and O–H groups in total. The second-order valence-corrected chi connectivity index (χ2v) is 11.7. The Kier molecular flexibility index (Phi) is 7.02. The Bertz CT molecular complexity index is 1480. The zero-order chi connectivity index (χ0) is 28.1. The minimum Gasteiger partial charge on any atom is -0.493 e. The maximum Gasteiger partial charge on any atom is 0.337 e. The number of hydrogen-bond donors (Lipinski definition) is 2. The van der Waals surface area contributed by atoms with Gasteiger partial charge >= 0.3 is 5.97 Å². The number of nitrogens with one attached hydrogen (secondary N) is 1. The van der Waals surface area contributed by atoms with Crippen molar-refractivity contribution in [1.29, 1.82) is 0 Å². The van der Waals surface area contributed by atoms with E-state index < -0.39 is 17.7 Å². The number of carbonyl (C=O) groups is 2. The van der Waals surface area contributed by atoms with Crippen molar-refractivity contribution in [1.82, 2.24) is 0 Å². The molecule has 39 heavy (non-hydrogen) atoms. The minimum absolute atomic E-state index is 0.0692. The SMILES string of the molecule is Cc1ccc(-c2c(C)c(-c3ccc4c(c3)CCCO4)c(C(OC(C)(C)C)C(=O)O)c3c2NC(=O)CC3)cc1C. The Balaban J connectivity index is 1.89. The summed E-state index contributed by atoms with van der Waals surface area (Å²) in [6, 6.07) is 12.5. The molecule has 0 aromatic heterocycles. The van der Waals surface area contributed by atoms with Gasteiger partial charge in [-0.05, 0) is 117 Å². The number of carboxylic acids is 1. The van der Waals surface area contributed by atoms with Gasteiger partial charge in [-0.1, -0.05) is 24.3 Å². The van der Waals surface area contributed by atoms with E-state index in [9.17, 15) is 14.7 Å². The van der Waals surface area contributed by atoms with E-state index in [-0.39, 0.29) is 12.3 Å². The quantitative estimate of drug-likeness (QED) is 0.370. The highest BCUT2D eigenvalue weighted by Crippen LogP contribution is 2.49. The van der Waals surface area contributed by atoms with Gasteiger partial charge in [0.25, 0.3) is 0 Å². The molecule has 204 valence electrons. The molecule has 0 fully saturated rings. The molecule has 2 aliphatic rings. The number of rotatable bonds is 5. The smallest absolute Gasteiger partial charge is 0.337 e. The van der Waals surface area contributed by atoms with Gasteiger partial charge in [0.05, 0.1) is 17.9 Å². The van der Waals surface area contributed by atoms with Crippen LogP contribution in [0.5, 0.6) is 5.75 Å².